The van der Waals surface area contributed by atoms with E-state index in [1.807, 2.05) is 6.20 Å². The Bertz CT molecular complexity index is 53.9. The van der Waals surface area contributed by atoms with E-state index in [4.69, 9.17) is 0 Å². The third kappa shape index (κ3) is 11.4. The minimum Gasteiger partial charge on any atom is -0.391 e. The van der Waals surface area contributed by atoms with Gasteiger partial charge in [0.05, 0.1) is 0 Å². The SMILES string of the molecule is CCCC=CNCC.Cl. The average molecular weight is 150 g/mol. The van der Waals surface area contributed by atoms with Crippen molar-refractivity contribution in [3.05, 3.63) is 12.3 Å². The van der Waals surface area contributed by atoms with E-state index in [1.165, 1.54) is 12.8 Å². The van der Waals surface area contributed by atoms with E-state index in [2.05, 4.69) is 25.2 Å². The van der Waals surface area contributed by atoms with Crippen molar-refractivity contribution < 1.29 is 0 Å². The molecule has 9 heavy (non-hydrogen) atoms. The Morgan fingerprint density at radius 1 is 1.33 bits per heavy atom. The number of unbranched alkanes of at least 4 members (excludes halogenated alkanes) is 1. The molecule has 0 aromatic heterocycles. The topological polar surface area (TPSA) is 12.0 Å². The van der Waals surface area contributed by atoms with Gasteiger partial charge in [-0.1, -0.05) is 19.4 Å². The number of halogens is 1. The summed E-state index contributed by atoms with van der Waals surface area (Å²) in [6.07, 6.45) is 6.60. The lowest BCUT2D eigenvalue weighted by Gasteiger charge is -1.89. The van der Waals surface area contributed by atoms with E-state index in [0.29, 0.717) is 0 Å². The van der Waals surface area contributed by atoms with E-state index in [-0.39, 0.29) is 12.4 Å². The predicted octanol–water partition coefficient (Wildman–Crippen LogP) is 2.33. The summed E-state index contributed by atoms with van der Waals surface area (Å²) in [6, 6.07) is 0. The summed E-state index contributed by atoms with van der Waals surface area (Å²) in [4.78, 5) is 0. The van der Waals surface area contributed by atoms with Crippen molar-refractivity contribution >= 4 is 12.4 Å². The maximum Gasteiger partial charge on any atom is 0.0112 e. The molecule has 1 N–H and O–H groups in total. The molecule has 0 fully saturated rings. The highest BCUT2D eigenvalue weighted by molar-refractivity contribution is 5.85. The second-order valence-electron chi connectivity index (χ2n) is 1.75. The molecule has 0 aliphatic rings. The molecule has 0 aliphatic heterocycles. The van der Waals surface area contributed by atoms with Crippen LogP contribution in [0, 0.1) is 0 Å². The Balaban J connectivity index is 0. The Labute approximate surface area is 63.9 Å². The van der Waals surface area contributed by atoms with Gasteiger partial charge in [-0.15, -0.1) is 12.4 Å². The Morgan fingerprint density at radius 3 is 2.44 bits per heavy atom. The van der Waals surface area contributed by atoms with Crippen LogP contribution in [0.2, 0.25) is 0 Å². The van der Waals surface area contributed by atoms with Crippen LogP contribution in [0.25, 0.3) is 0 Å². The number of nitrogens with one attached hydrogen (secondary N) is 1. The Kier molecular flexibility index (Phi) is 13.9. The minimum absolute atomic E-state index is 0. The summed E-state index contributed by atoms with van der Waals surface area (Å²) < 4.78 is 0. The van der Waals surface area contributed by atoms with Crippen LogP contribution >= 0.6 is 12.4 Å². The molecule has 0 aliphatic carbocycles. The van der Waals surface area contributed by atoms with E-state index < -0.39 is 0 Å². The fourth-order valence-electron chi connectivity index (χ4n) is 0.451. The van der Waals surface area contributed by atoms with Gasteiger partial charge in [0.2, 0.25) is 0 Å². The van der Waals surface area contributed by atoms with Gasteiger partial charge in [-0.2, -0.15) is 0 Å². The van der Waals surface area contributed by atoms with Crippen LogP contribution in [0.4, 0.5) is 0 Å². The smallest absolute Gasteiger partial charge is 0.0112 e. The van der Waals surface area contributed by atoms with Crippen LogP contribution in [0.5, 0.6) is 0 Å². The zero-order chi connectivity index (χ0) is 6.24. The van der Waals surface area contributed by atoms with E-state index in [0.717, 1.165) is 6.54 Å². The van der Waals surface area contributed by atoms with Crippen LogP contribution in [0.3, 0.4) is 0 Å². The summed E-state index contributed by atoms with van der Waals surface area (Å²) in [7, 11) is 0. The van der Waals surface area contributed by atoms with Gasteiger partial charge in [-0.25, -0.2) is 0 Å². The first-order valence-corrected chi connectivity index (χ1v) is 3.30. The summed E-state index contributed by atoms with van der Waals surface area (Å²) >= 11 is 0. The van der Waals surface area contributed by atoms with Crippen LogP contribution in [0.1, 0.15) is 26.7 Å². The van der Waals surface area contributed by atoms with Crippen molar-refractivity contribution in [2.24, 2.45) is 0 Å². The Hall–Kier alpha value is -0.170. The number of hydrogen-bond acceptors (Lipinski definition) is 1. The van der Waals surface area contributed by atoms with Gasteiger partial charge in [0.1, 0.15) is 0 Å². The van der Waals surface area contributed by atoms with Crippen molar-refractivity contribution in [1.29, 1.82) is 0 Å². The number of rotatable bonds is 4. The van der Waals surface area contributed by atoms with Crippen LogP contribution in [-0.4, -0.2) is 6.54 Å². The van der Waals surface area contributed by atoms with E-state index in [1.54, 1.807) is 0 Å². The zero-order valence-electron chi connectivity index (χ0n) is 6.18. The van der Waals surface area contributed by atoms with Gasteiger partial charge < -0.3 is 5.32 Å². The summed E-state index contributed by atoms with van der Waals surface area (Å²) in [5, 5.41) is 3.10. The third-order valence-corrected chi connectivity index (χ3v) is 0.895. The quantitative estimate of drug-likeness (QED) is 0.647. The lowest BCUT2D eigenvalue weighted by Crippen LogP contribution is -2.00. The maximum absolute atomic E-state index is 3.10. The zero-order valence-corrected chi connectivity index (χ0v) is 7.00. The molecule has 0 saturated heterocycles. The molecule has 0 bridgehead atoms. The molecule has 0 rings (SSSR count). The van der Waals surface area contributed by atoms with Gasteiger partial charge in [-0.3, -0.25) is 0 Å². The molecule has 0 amide bonds. The lowest BCUT2D eigenvalue weighted by atomic mass is 10.3. The van der Waals surface area contributed by atoms with Crippen LogP contribution < -0.4 is 5.32 Å². The monoisotopic (exact) mass is 149 g/mol. The molecule has 56 valence electrons. The normalized spacial score (nSPS) is 9.11. The van der Waals surface area contributed by atoms with Crippen LogP contribution in [-0.2, 0) is 0 Å². The van der Waals surface area contributed by atoms with E-state index in [9.17, 15) is 0 Å². The third-order valence-electron chi connectivity index (χ3n) is 0.895. The highest BCUT2D eigenvalue weighted by Crippen LogP contribution is 1.85. The van der Waals surface area contributed by atoms with Gasteiger partial charge in [0, 0.05) is 6.54 Å². The standard InChI is InChI=1S/C7H15N.ClH/c1-3-5-6-7-8-4-2;/h6-8H,3-5H2,1-2H3;1H. The Morgan fingerprint density at radius 2 is 2.00 bits per heavy atom. The summed E-state index contributed by atoms with van der Waals surface area (Å²) in [5.41, 5.74) is 0. The van der Waals surface area contributed by atoms with Crippen molar-refractivity contribution in [2.45, 2.75) is 26.7 Å². The van der Waals surface area contributed by atoms with Crippen molar-refractivity contribution in [3.63, 3.8) is 0 Å². The largest absolute Gasteiger partial charge is 0.391 e. The molecule has 0 radical (unpaired) electrons. The molecule has 0 atom stereocenters. The van der Waals surface area contributed by atoms with Crippen molar-refractivity contribution in [3.8, 4) is 0 Å². The molecule has 0 unspecified atom stereocenters. The first-order chi connectivity index (χ1) is 3.91. The van der Waals surface area contributed by atoms with Crippen molar-refractivity contribution in [2.75, 3.05) is 6.54 Å². The number of hydrogen-bond donors (Lipinski definition) is 1. The average Bonchev–Trinajstić information content (AvgIpc) is 1.81. The van der Waals surface area contributed by atoms with Crippen molar-refractivity contribution in [1.82, 2.24) is 5.32 Å². The summed E-state index contributed by atoms with van der Waals surface area (Å²) in [6.45, 7) is 5.30. The number of allylic oxidation sites excluding steroid dienone is 1. The molecule has 1 nitrogen and oxygen atoms in total. The van der Waals surface area contributed by atoms with Gasteiger partial charge >= 0.3 is 0 Å². The maximum atomic E-state index is 3.10. The molecule has 0 aromatic carbocycles. The fraction of sp³-hybridized carbons (Fsp3) is 0.714. The van der Waals surface area contributed by atoms with E-state index >= 15 is 0 Å². The summed E-state index contributed by atoms with van der Waals surface area (Å²) in [5.74, 6) is 0. The highest BCUT2D eigenvalue weighted by atomic mass is 35.5. The van der Waals surface area contributed by atoms with Gasteiger partial charge in [0.15, 0.2) is 0 Å². The highest BCUT2D eigenvalue weighted by Gasteiger charge is 1.69. The van der Waals surface area contributed by atoms with Gasteiger partial charge in [-0.05, 0) is 19.5 Å². The fourth-order valence-corrected chi connectivity index (χ4v) is 0.451. The molecule has 0 aromatic rings. The molecule has 0 spiro atoms. The molecular weight excluding hydrogens is 134 g/mol. The first kappa shape index (κ1) is 11.6. The first-order valence-electron chi connectivity index (χ1n) is 3.30. The lowest BCUT2D eigenvalue weighted by molar-refractivity contribution is 0.892. The molecular formula is C7H16ClN. The molecule has 0 saturated carbocycles. The molecule has 0 heterocycles. The second kappa shape index (κ2) is 10.7. The predicted molar refractivity (Wildman–Crippen MR) is 45.0 cm³/mol. The second-order valence-corrected chi connectivity index (χ2v) is 1.75. The van der Waals surface area contributed by atoms with Gasteiger partial charge in [0.25, 0.3) is 0 Å². The molecule has 2 heteroatoms. The van der Waals surface area contributed by atoms with Crippen LogP contribution in [0.15, 0.2) is 12.3 Å². The minimum atomic E-state index is 0.